The van der Waals surface area contributed by atoms with Gasteiger partial charge in [0.05, 0.1) is 6.42 Å². The van der Waals surface area contributed by atoms with E-state index in [0.29, 0.717) is 12.8 Å². The molecule has 19 heavy (non-hydrogen) atoms. The average Bonchev–Trinajstić information content (AvgIpc) is 2.79. The molecule has 1 atom stereocenters. The maximum absolute atomic E-state index is 10.5. The Morgan fingerprint density at radius 2 is 2.05 bits per heavy atom. The lowest BCUT2D eigenvalue weighted by Gasteiger charge is -2.09. The summed E-state index contributed by atoms with van der Waals surface area (Å²) in [5, 5.41) is 17.3. The summed E-state index contributed by atoms with van der Waals surface area (Å²) >= 11 is 0. The van der Waals surface area contributed by atoms with Gasteiger partial charge in [-0.15, -0.1) is 0 Å². The predicted octanol–water partition coefficient (Wildman–Crippen LogP) is 1.09. The fraction of sp³-hybridized carbons (Fsp3) is 0.538. The number of unbranched alkanes of at least 4 members (excludes halogenated alkanes) is 1. The van der Waals surface area contributed by atoms with Gasteiger partial charge in [-0.1, -0.05) is 0 Å². The third-order valence-corrected chi connectivity index (χ3v) is 3.00. The molecule has 106 valence electrons. The first kappa shape index (κ1) is 15.2. The lowest BCUT2D eigenvalue weighted by Crippen LogP contribution is -2.29. The van der Waals surface area contributed by atoms with Gasteiger partial charge >= 0.3 is 11.9 Å². The second-order valence-electron chi connectivity index (χ2n) is 4.53. The van der Waals surface area contributed by atoms with E-state index in [1.807, 2.05) is 22.9 Å². The fourth-order valence-electron chi connectivity index (χ4n) is 1.90. The first-order chi connectivity index (χ1) is 9.00. The molecule has 1 aromatic rings. The Kier molecular flexibility index (Phi) is 6.08. The van der Waals surface area contributed by atoms with Crippen molar-refractivity contribution >= 4 is 11.9 Å². The number of nitrogens with zero attached hydrogens (tertiary/aromatic N) is 1. The first-order valence-electron chi connectivity index (χ1n) is 6.35. The third-order valence-electron chi connectivity index (χ3n) is 3.00. The van der Waals surface area contributed by atoms with Crippen LogP contribution in [0.4, 0.5) is 0 Å². The molecule has 0 fully saturated rings. The van der Waals surface area contributed by atoms with E-state index >= 15 is 0 Å². The highest BCUT2D eigenvalue weighted by atomic mass is 16.4. The molecule has 0 amide bonds. The molecule has 1 rings (SSSR count). The van der Waals surface area contributed by atoms with E-state index < -0.39 is 18.0 Å². The molecule has 0 spiro atoms. The number of aromatic nitrogens is 1. The summed E-state index contributed by atoms with van der Waals surface area (Å²) in [5.41, 5.74) is 6.41. The third kappa shape index (κ3) is 5.56. The van der Waals surface area contributed by atoms with Crippen LogP contribution in [0, 0.1) is 0 Å². The Balaban J connectivity index is 2.31. The van der Waals surface area contributed by atoms with E-state index in [4.69, 9.17) is 15.9 Å². The zero-order valence-corrected chi connectivity index (χ0v) is 10.8. The van der Waals surface area contributed by atoms with E-state index in [0.717, 1.165) is 25.1 Å². The Labute approximate surface area is 111 Å². The van der Waals surface area contributed by atoms with Gasteiger partial charge in [-0.3, -0.25) is 9.59 Å². The molecule has 0 unspecified atom stereocenters. The van der Waals surface area contributed by atoms with Crippen molar-refractivity contribution in [3.63, 3.8) is 0 Å². The maximum Gasteiger partial charge on any atom is 0.320 e. The van der Waals surface area contributed by atoms with Gasteiger partial charge < -0.3 is 20.5 Å². The highest BCUT2D eigenvalue weighted by Gasteiger charge is 2.10. The molecule has 0 saturated carbocycles. The topological polar surface area (TPSA) is 106 Å². The van der Waals surface area contributed by atoms with Crippen LogP contribution in [0.2, 0.25) is 0 Å². The largest absolute Gasteiger partial charge is 0.481 e. The van der Waals surface area contributed by atoms with Crippen LogP contribution in [-0.2, 0) is 22.6 Å². The molecule has 1 heterocycles. The van der Waals surface area contributed by atoms with Crippen molar-refractivity contribution in [2.24, 2.45) is 5.73 Å². The van der Waals surface area contributed by atoms with Gasteiger partial charge in [-0.25, -0.2) is 0 Å². The van der Waals surface area contributed by atoms with Crippen molar-refractivity contribution in [2.45, 2.75) is 44.7 Å². The summed E-state index contributed by atoms with van der Waals surface area (Å²) in [4.78, 5) is 21.1. The minimum atomic E-state index is -0.969. The molecule has 0 aliphatic heterocycles. The highest BCUT2D eigenvalue weighted by Crippen LogP contribution is 2.09. The van der Waals surface area contributed by atoms with E-state index in [1.165, 1.54) is 0 Å². The maximum atomic E-state index is 10.5. The first-order valence-corrected chi connectivity index (χ1v) is 6.35. The molecule has 6 heteroatoms. The van der Waals surface area contributed by atoms with E-state index in [1.54, 1.807) is 0 Å². The summed E-state index contributed by atoms with van der Waals surface area (Å²) < 4.78 is 2.01. The summed E-state index contributed by atoms with van der Waals surface area (Å²) in [6, 6.07) is 3.00. The Morgan fingerprint density at radius 3 is 2.68 bits per heavy atom. The molecule has 0 radical (unpaired) electrons. The zero-order valence-electron chi connectivity index (χ0n) is 10.8. The van der Waals surface area contributed by atoms with Crippen molar-refractivity contribution in [1.29, 1.82) is 0 Å². The number of carboxylic acid groups (broad SMARTS) is 2. The minimum absolute atomic E-state index is 0.119. The molecule has 0 aromatic carbocycles. The van der Waals surface area contributed by atoms with E-state index in [-0.39, 0.29) is 6.42 Å². The Bertz CT molecular complexity index is 428. The number of hydrogen-bond acceptors (Lipinski definition) is 3. The van der Waals surface area contributed by atoms with Crippen molar-refractivity contribution in [1.82, 2.24) is 4.57 Å². The van der Waals surface area contributed by atoms with Gasteiger partial charge in [0.1, 0.15) is 6.04 Å². The molecule has 0 aliphatic carbocycles. The second-order valence-corrected chi connectivity index (χ2v) is 4.53. The van der Waals surface area contributed by atoms with Crippen molar-refractivity contribution < 1.29 is 19.8 Å². The average molecular weight is 268 g/mol. The van der Waals surface area contributed by atoms with Crippen LogP contribution < -0.4 is 5.73 Å². The summed E-state index contributed by atoms with van der Waals surface area (Å²) in [7, 11) is 0. The SMILES string of the molecule is N[C@@H](CCCCn1cccc1CCC(=O)O)C(=O)O. The number of rotatable bonds is 9. The van der Waals surface area contributed by atoms with Gasteiger partial charge in [0.15, 0.2) is 0 Å². The monoisotopic (exact) mass is 268 g/mol. The van der Waals surface area contributed by atoms with Gasteiger partial charge in [0.25, 0.3) is 0 Å². The minimum Gasteiger partial charge on any atom is -0.481 e. The summed E-state index contributed by atoms with van der Waals surface area (Å²) in [6.07, 6.45) is 4.57. The van der Waals surface area contributed by atoms with Gasteiger partial charge in [-0.2, -0.15) is 0 Å². The summed E-state index contributed by atoms with van der Waals surface area (Å²) in [5.74, 6) is -1.77. The molecule has 4 N–H and O–H groups in total. The van der Waals surface area contributed by atoms with Crippen LogP contribution in [0.5, 0.6) is 0 Å². The lowest BCUT2D eigenvalue weighted by atomic mass is 10.1. The predicted molar refractivity (Wildman–Crippen MR) is 69.9 cm³/mol. The normalized spacial score (nSPS) is 12.3. The molecule has 0 saturated heterocycles. The van der Waals surface area contributed by atoms with Crippen molar-refractivity contribution in [3.05, 3.63) is 24.0 Å². The molecule has 0 bridgehead atoms. The van der Waals surface area contributed by atoms with Crippen LogP contribution in [0.1, 0.15) is 31.4 Å². The number of aliphatic carboxylic acids is 2. The molecular weight excluding hydrogens is 248 g/mol. The fourth-order valence-corrected chi connectivity index (χ4v) is 1.90. The number of hydrogen-bond donors (Lipinski definition) is 3. The second kappa shape index (κ2) is 7.58. The molecule has 6 nitrogen and oxygen atoms in total. The molecular formula is C13H20N2O4. The van der Waals surface area contributed by atoms with E-state index in [2.05, 4.69) is 0 Å². The number of aryl methyl sites for hydroxylation is 2. The smallest absolute Gasteiger partial charge is 0.320 e. The van der Waals surface area contributed by atoms with Crippen LogP contribution in [0.3, 0.4) is 0 Å². The van der Waals surface area contributed by atoms with Crippen molar-refractivity contribution in [3.8, 4) is 0 Å². The highest BCUT2D eigenvalue weighted by molar-refractivity contribution is 5.72. The van der Waals surface area contributed by atoms with Gasteiger partial charge in [0.2, 0.25) is 0 Å². The van der Waals surface area contributed by atoms with E-state index in [9.17, 15) is 9.59 Å². The molecule has 0 aliphatic rings. The van der Waals surface area contributed by atoms with Crippen LogP contribution in [0.25, 0.3) is 0 Å². The number of carboxylic acids is 2. The summed E-state index contributed by atoms with van der Waals surface area (Å²) in [6.45, 7) is 0.758. The van der Waals surface area contributed by atoms with Gasteiger partial charge in [-0.05, 0) is 37.8 Å². The Morgan fingerprint density at radius 1 is 1.32 bits per heavy atom. The zero-order chi connectivity index (χ0) is 14.3. The Hall–Kier alpha value is -1.82. The standard InChI is InChI=1S/C13H20N2O4/c14-11(13(18)19)5-1-2-8-15-9-3-4-10(15)6-7-12(16)17/h3-4,9,11H,1-2,5-8,14H2,(H,16,17)(H,18,19)/t11-/m0/s1. The lowest BCUT2D eigenvalue weighted by molar-refractivity contribution is -0.139. The quantitative estimate of drug-likeness (QED) is 0.581. The van der Waals surface area contributed by atoms with Crippen LogP contribution in [0.15, 0.2) is 18.3 Å². The van der Waals surface area contributed by atoms with Crippen LogP contribution >= 0.6 is 0 Å². The van der Waals surface area contributed by atoms with Crippen molar-refractivity contribution in [2.75, 3.05) is 0 Å². The van der Waals surface area contributed by atoms with Crippen LogP contribution in [-0.4, -0.2) is 32.8 Å². The van der Waals surface area contributed by atoms with Gasteiger partial charge in [0, 0.05) is 18.4 Å². The number of carbonyl (C=O) groups is 2. The molecule has 1 aromatic heterocycles. The number of nitrogens with two attached hydrogens (primary N) is 1.